The van der Waals surface area contributed by atoms with E-state index >= 15 is 0 Å². The van der Waals surface area contributed by atoms with Gasteiger partial charge in [0.2, 0.25) is 5.69 Å². The molecule has 1 aromatic carbocycles. The first kappa shape index (κ1) is 16.4. The summed E-state index contributed by atoms with van der Waals surface area (Å²) in [6, 6.07) is 5.57. The van der Waals surface area contributed by atoms with Gasteiger partial charge < -0.3 is 5.32 Å². The molecule has 1 heterocycles. The summed E-state index contributed by atoms with van der Waals surface area (Å²) in [7, 11) is 1.38. The molecule has 0 fully saturated rings. The molecule has 10 heteroatoms. The van der Waals surface area contributed by atoms with E-state index in [1.807, 2.05) is 5.32 Å². The van der Waals surface area contributed by atoms with Gasteiger partial charge in [-0.05, 0) is 19.1 Å². The number of nitro groups is 1. The highest BCUT2D eigenvalue weighted by Gasteiger charge is 2.30. The maximum absolute atomic E-state index is 12.1. The Bertz CT molecular complexity index is 802. The highest BCUT2D eigenvalue weighted by molar-refractivity contribution is 6.33. The minimum Gasteiger partial charge on any atom is -0.306 e. The second kappa shape index (κ2) is 6.44. The minimum absolute atomic E-state index is 0.0779. The van der Waals surface area contributed by atoms with Gasteiger partial charge in [-0.15, -0.1) is 0 Å². The number of aryl methyl sites for hydroxylation is 2. The summed E-state index contributed by atoms with van der Waals surface area (Å²) in [5.41, 5.74) is -0.387. The SMILES string of the molecule is Cc1nn(C)c(C(=O)NC(=O)Nc2ccccc2Cl)c1[N+](=O)[O-]. The van der Waals surface area contributed by atoms with Gasteiger partial charge in [-0.25, -0.2) is 4.79 Å². The maximum atomic E-state index is 12.1. The van der Waals surface area contributed by atoms with E-state index in [0.29, 0.717) is 5.69 Å². The van der Waals surface area contributed by atoms with E-state index in [-0.39, 0.29) is 16.4 Å². The number of nitrogens with one attached hydrogen (secondary N) is 2. The second-order valence-electron chi connectivity index (χ2n) is 4.55. The van der Waals surface area contributed by atoms with Gasteiger partial charge in [-0.3, -0.25) is 24.9 Å². The van der Waals surface area contributed by atoms with E-state index in [1.54, 1.807) is 24.3 Å². The van der Waals surface area contributed by atoms with Gasteiger partial charge >= 0.3 is 11.7 Å². The number of hydrogen-bond acceptors (Lipinski definition) is 5. The van der Waals surface area contributed by atoms with Crippen molar-refractivity contribution in [3.05, 3.63) is 50.8 Å². The fraction of sp³-hybridized carbons (Fsp3) is 0.154. The summed E-state index contributed by atoms with van der Waals surface area (Å²) in [5.74, 6) is -0.940. The number of halogens is 1. The van der Waals surface area contributed by atoms with Crippen molar-refractivity contribution >= 4 is 34.9 Å². The van der Waals surface area contributed by atoms with Crippen LogP contribution in [0.3, 0.4) is 0 Å². The zero-order valence-electron chi connectivity index (χ0n) is 12.2. The molecule has 0 aliphatic carbocycles. The highest BCUT2D eigenvalue weighted by Crippen LogP contribution is 2.22. The highest BCUT2D eigenvalue weighted by atomic mass is 35.5. The van der Waals surface area contributed by atoms with Crippen LogP contribution >= 0.6 is 11.6 Å². The molecule has 9 nitrogen and oxygen atoms in total. The van der Waals surface area contributed by atoms with Crippen LogP contribution in [0, 0.1) is 17.0 Å². The van der Waals surface area contributed by atoms with Crippen LogP contribution in [0.5, 0.6) is 0 Å². The average Bonchev–Trinajstić information content (AvgIpc) is 2.76. The van der Waals surface area contributed by atoms with Crippen LogP contribution in [0.1, 0.15) is 16.2 Å². The van der Waals surface area contributed by atoms with Crippen molar-refractivity contribution in [2.24, 2.45) is 7.05 Å². The zero-order chi connectivity index (χ0) is 17.1. The molecule has 0 saturated carbocycles. The number of urea groups is 1. The first-order valence-electron chi connectivity index (χ1n) is 6.36. The lowest BCUT2D eigenvalue weighted by Gasteiger charge is -2.08. The van der Waals surface area contributed by atoms with Crippen LogP contribution in [-0.4, -0.2) is 26.6 Å². The molecule has 0 saturated heterocycles. The number of aromatic nitrogens is 2. The molecular weight excluding hydrogens is 326 g/mol. The van der Waals surface area contributed by atoms with E-state index in [2.05, 4.69) is 10.4 Å². The number of benzene rings is 1. The van der Waals surface area contributed by atoms with Crippen molar-refractivity contribution in [2.75, 3.05) is 5.32 Å². The molecule has 1 aromatic heterocycles. The van der Waals surface area contributed by atoms with Gasteiger partial charge in [0.05, 0.1) is 15.6 Å². The Kier molecular flexibility index (Phi) is 4.60. The molecule has 0 radical (unpaired) electrons. The van der Waals surface area contributed by atoms with Gasteiger partial charge in [-0.2, -0.15) is 5.10 Å². The molecule has 2 rings (SSSR count). The first-order chi connectivity index (χ1) is 10.8. The van der Waals surface area contributed by atoms with E-state index < -0.39 is 22.5 Å². The summed E-state index contributed by atoms with van der Waals surface area (Å²) in [6.07, 6.45) is 0. The summed E-state index contributed by atoms with van der Waals surface area (Å²) in [5, 5.41) is 19.5. The van der Waals surface area contributed by atoms with E-state index in [1.165, 1.54) is 14.0 Å². The fourth-order valence-electron chi connectivity index (χ4n) is 2.00. The third kappa shape index (κ3) is 3.46. The summed E-state index contributed by atoms with van der Waals surface area (Å²) in [6.45, 7) is 1.40. The lowest BCUT2D eigenvalue weighted by Crippen LogP contribution is -2.35. The maximum Gasteiger partial charge on any atom is 0.326 e. The standard InChI is InChI=1S/C13H12ClN5O4/c1-7-10(19(22)23)11(18(2)17-7)12(20)16-13(21)15-9-6-4-3-5-8(9)14/h3-6H,1-2H3,(H2,15,16,20,21). The largest absolute Gasteiger partial charge is 0.326 e. The molecule has 0 bridgehead atoms. The monoisotopic (exact) mass is 337 g/mol. The van der Waals surface area contributed by atoms with E-state index in [0.717, 1.165) is 4.68 Å². The van der Waals surface area contributed by atoms with Crippen molar-refractivity contribution in [1.82, 2.24) is 15.1 Å². The normalized spacial score (nSPS) is 10.2. The summed E-state index contributed by atoms with van der Waals surface area (Å²) < 4.78 is 1.05. The molecular formula is C13H12ClN5O4. The number of nitrogens with zero attached hydrogens (tertiary/aromatic N) is 3. The van der Waals surface area contributed by atoms with Gasteiger partial charge in [0.1, 0.15) is 5.69 Å². The molecule has 0 aliphatic rings. The van der Waals surface area contributed by atoms with Crippen molar-refractivity contribution in [3.8, 4) is 0 Å². The number of para-hydroxylation sites is 1. The third-order valence-electron chi connectivity index (χ3n) is 2.94. The number of carbonyl (C=O) groups excluding carboxylic acids is 2. The lowest BCUT2D eigenvalue weighted by atomic mass is 10.3. The number of hydrogen-bond donors (Lipinski definition) is 2. The van der Waals surface area contributed by atoms with Crippen molar-refractivity contribution in [1.29, 1.82) is 0 Å². The predicted octanol–water partition coefficient (Wildman–Crippen LogP) is 2.25. The van der Waals surface area contributed by atoms with Crippen LogP contribution in [0.25, 0.3) is 0 Å². The number of amides is 3. The Morgan fingerprint density at radius 1 is 1.35 bits per heavy atom. The van der Waals surface area contributed by atoms with Crippen molar-refractivity contribution in [2.45, 2.75) is 6.92 Å². The third-order valence-corrected chi connectivity index (χ3v) is 3.27. The Hall–Kier alpha value is -2.94. The van der Waals surface area contributed by atoms with Crippen LogP contribution in [-0.2, 0) is 7.05 Å². The van der Waals surface area contributed by atoms with Gasteiger partial charge in [0, 0.05) is 7.05 Å². The van der Waals surface area contributed by atoms with Crippen LogP contribution in [0.2, 0.25) is 5.02 Å². The Morgan fingerprint density at radius 3 is 2.61 bits per heavy atom. The Labute approximate surface area is 135 Å². The number of imide groups is 1. The number of rotatable bonds is 3. The molecule has 120 valence electrons. The molecule has 2 N–H and O–H groups in total. The quantitative estimate of drug-likeness (QED) is 0.657. The molecule has 0 spiro atoms. The summed E-state index contributed by atoms with van der Waals surface area (Å²) >= 11 is 5.89. The summed E-state index contributed by atoms with van der Waals surface area (Å²) in [4.78, 5) is 34.3. The Balaban J connectivity index is 2.18. The van der Waals surface area contributed by atoms with Crippen LogP contribution in [0.15, 0.2) is 24.3 Å². The van der Waals surface area contributed by atoms with Crippen molar-refractivity contribution < 1.29 is 14.5 Å². The number of carbonyl (C=O) groups is 2. The van der Waals surface area contributed by atoms with Gasteiger partial charge in [0.25, 0.3) is 5.91 Å². The van der Waals surface area contributed by atoms with Crippen LogP contribution in [0.4, 0.5) is 16.2 Å². The lowest BCUT2D eigenvalue weighted by molar-refractivity contribution is -0.385. The Morgan fingerprint density at radius 2 is 2.00 bits per heavy atom. The average molecular weight is 338 g/mol. The smallest absolute Gasteiger partial charge is 0.306 e. The van der Waals surface area contributed by atoms with Crippen LogP contribution < -0.4 is 10.6 Å². The fourth-order valence-corrected chi connectivity index (χ4v) is 2.18. The van der Waals surface area contributed by atoms with E-state index in [4.69, 9.17) is 11.6 Å². The molecule has 0 aliphatic heterocycles. The molecule has 2 aromatic rings. The van der Waals surface area contributed by atoms with E-state index in [9.17, 15) is 19.7 Å². The minimum atomic E-state index is -0.940. The first-order valence-corrected chi connectivity index (χ1v) is 6.74. The molecule has 23 heavy (non-hydrogen) atoms. The molecule has 0 unspecified atom stereocenters. The predicted molar refractivity (Wildman–Crippen MR) is 82.5 cm³/mol. The van der Waals surface area contributed by atoms with Gasteiger partial charge in [0.15, 0.2) is 0 Å². The zero-order valence-corrected chi connectivity index (χ0v) is 12.9. The van der Waals surface area contributed by atoms with Crippen molar-refractivity contribution in [3.63, 3.8) is 0 Å². The van der Waals surface area contributed by atoms with Gasteiger partial charge in [-0.1, -0.05) is 23.7 Å². The second-order valence-corrected chi connectivity index (χ2v) is 4.96. The number of anilines is 1. The molecule has 0 atom stereocenters. The topological polar surface area (TPSA) is 119 Å². The molecule has 3 amide bonds.